The van der Waals surface area contributed by atoms with E-state index in [1.807, 2.05) is 0 Å². The molecule has 0 spiro atoms. The molecular formula is C17H16F2N6O3. The molecule has 0 aromatic carbocycles. The second-order valence-electron chi connectivity index (χ2n) is 6.50. The van der Waals surface area contributed by atoms with Gasteiger partial charge >= 0.3 is 5.92 Å². The second kappa shape index (κ2) is 6.36. The summed E-state index contributed by atoms with van der Waals surface area (Å²) in [7, 11) is 0. The van der Waals surface area contributed by atoms with E-state index in [4.69, 9.17) is 10.5 Å². The number of rotatable bonds is 5. The molecule has 2 atom stereocenters. The topological polar surface area (TPSA) is 124 Å². The lowest BCUT2D eigenvalue weighted by atomic mass is 9.95. The van der Waals surface area contributed by atoms with Crippen LogP contribution in [0, 0.1) is 5.92 Å². The molecule has 9 nitrogen and oxygen atoms in total. The zero-order chi connectivity index (χ0) is 20.1. The predicted octanol–water partition coefficient (Wildman–Crippen LogP) is 0.915. The van der Waals surface area contributed by atoms with Crippen LogP contribution in [-0.2, 0) is 4.79 Å². The number of aromatic nitrogens is 4. The number of primary amides is 1. The monoisotopic (exact) mass is 390 g/mol. The largest absolute Gasteiger partial charge is 0.474 e. The van der Waals surface area contributed by atoms with E-state index in [0.717, 1.165) is 0 Å². The van der Waals surface area contributed by atoms with E-state index < -0.39 is 29.7 Å². The van der Waals surface area contributed by atoms with E-state index in [-0.39, 0.29) is 30.1 Å². The Hall–Kier alpha value is -3.37. The molecule has 0 saturated carbocycles. The molecule has 0 bridgehead atoms. The van der Waals surface area contributed by atoms with Gasteiger partial charge in [0.2, 0.25) is 5.88 Å². The minimum atomic E-state index is -3.44. The number of carbonyl (C=O) groups is 2. The number of carbonyl (C=O) groups excluding carboxylic acids is 2. The van der Waals surface area contributed by atoms with Gasteiger partial charge in [-0.2, -0.15) is 13.9 Å². The summed E-state index contributed by atoms with van der Waals surface area (Å²) in [5, 5.41) is 6.93. The molecule has 1 aliphatic rings. The number of pyridine rings is 2. The lowest BCUT2D eigenvalue weighted by Gasteiger charge is -2.20. The molecule has 146 valence electrons. The molecule has 4 heterocycles. The van der Waals surface area contributed by atoms with Crippen LogP contribution in [0.3, 0.4) is 0 Å². The second-order valence-corrected chi connectivity index (χ2v) is 6.50. The number of fused-ring (bicyclic) bond motifs is 3. The number of alkyl halides is 2. The van der Waals surface area contributed by atoms with Crippen molar-refractivity contribution in [1.29, 1.82) is 0 Å². The Kier molecular flexibility index (Phi) is 4.09. The highest BCUT2D eigenvalue weighted by Gasteiger charge is 2.56. The van der Waals surface area contributed by atoms with Gasteiger partial charge in [-0.3, -0.25) is 9.59 Å². The van der Waals surface area contributed by atoms with Gasteiger partial charge in [0.25, 0.3) is 11.8 Å². The van der Waals surface area contributed by atoms with Crippen LogP contribution in [0.15, 0.2) is 24.7 Å². The lowest BCUT2D eigenvalue weighted by Crippen LogP contribution is -2.35. The summed E-state index contributed by atoms with van der Waals surface area (Å²) >= 11 is 0. The van der Waals surface area contributed by atoms with E-state index in [1.165, 1.54) is 23.1 Å². The minimum Gasteiger partial charge on any atom is -0.474 e. The van der Waals surface area contributed by atoms with Crippen molar-refractivity contribution in [3.8, 4) is 5.88 Å². The predicted molar refractivity (Wildman–Crippen MR) is 93.0 cm³/mol. The molecule has 11 heteroatoms. The van der Waals surface area contributed by atoms with Gasteiger partial charge in [-0.15, -0.1) is 0 Å². The number of amides is 2. The van der Waals surface area contributed by atoms with Gasteiger partial charge in [0.05, 0.1) is 17.5 Å². The number of hydrogen-bond donors (Lipinski definition) is 2. The standard InChI is InChI=1S/C17H16F2N6O3/c1-2-10-11(24-16(27)17(10,18)19)6-28-15-12-8(3-4-21-15)5-9(13(20)26)14-22-7-23-25(12)14/h3-5,7,10-11H,2,6H2,1H3,(H2,20,26)(H,24,27). The Morgan fingerprint density at radius 2 is 2.21 bits per heavy atom. The van der Waals surface area contributed by atoms with Crippen molar-refractivity contribution in [3.63, 3.8) is 0 Å². The molecule has 4 rings (SSSR count). The van der Waals surface area contributed by atoms with Gasteiger partial charge in [-0.1, -0.05) is 6.92 Å². The van der Waals surface area contributed by atoms with E-state index >= 15 is 0 Å². The maximum Gasteiger partial charge on any atom is 0.329 e. The van der Waals surface area contributed by atoms with Crippen molar-refractivity contribution in [2.75, 3.05) is 6.61 Å². The fraction of sp³-hybridized carbons (Fsp3) is 0.353. The van der Waals surface area contributed by atoms with Gasteiger partial charge in [0, 0.05) is 11.6 Å². The first-order valence-corrected chi connectivity index (χ1v) is 8.57. The van der Waals surface area contributed by atoms with Crippen LogP contribution in [0.1, 0.15) is 23.7 Å². The molecule has 0 radical (unpaired) electrons. The first kappa shape index (κ1) is 18.0. The molecule has 1 aliphatic heterocycles. The third kappa shape index (κ3) is 2.62. The fourth-order valence-corrected chi connectivity index (χ4v) is 3.53. The number of ether oxygens (including phenoxy) is 1. The van der Waals surface area contributed by atoms with Crippen LogP contribution in [0.4, 0.5) is 8.78 Å². The summed E-state index contributed by atoms with van der Waals surface area (Å²) in [6.07, 6.45) is 2.81. The van der Waals surface area contributed by atoms with Gasteiger partial charge < -0.3 is 15.8 Å². The highest BCUT2D eigenvalue weighted by Crippen LogP contribution is 2.36. The van der Waals surface area contributed by atoms with Crippen LogP contribution in [0.5, 0.6) is 5.88 Å². The summed E-state index contributed by atoms with van der Waals surface area (Å²) in [5.74, 6) is -6.47. The number of nitrogens with two attached hydrogens (primary N) is 1. The Morgan fingerprint density at radius 1 is 1.43 bits per heavy atom. The SMILES string of the molecule is CCC1C(COc2nccc3cc(C(N)=O)c4ncnn4c23)NC(=O)C1(F)F. The van der Waals surface area contributed by atoms with Crippen molar-refractivity contribution in [1.82, 2.24) is 24.9 Å². The van der Waals surface area contributed by atoms with Crippen LogP contribution in [0.25, 0.3) is 16.6 Å². The summed E-state index contributed by atoms with van der Waals surface area (Å²) in [5.41, 5.74) is 6.21. The maximum absolute atomic E-state index is 14.0. The zero-order valence-electron chi connectivity index (χ0n) is 14.7. The normalized spacial score (nSPS) is 21.2. The average molecular weight is 390 g/mol. The summed E-state index contributed by atoms with van der Waals surface area (Å²) in [6, 6.07) is 2.31. The van der Waals surface area contributed by atoms with Gasteiger partial charge in [0.15, 0.2) is 5.65 Å². The van der Waals surface area contributed by atoms with Crippen LogP contribution < -0.4 is 15.8 Å². The third-order valence-electron chi connectivity index (χ3n) is 4.90. The molecule has 28 heavy (non-hydrogen) atoms. The van der Waals surface area contributed by atoms with Gasteiger partial charge in [-0.25, -0.2) is 14.5 Å². The molecule has 1 fully saturated rings. The Morgan fingerprint density at radius 3 is 2.93 bits per heavy atom. The zero-order valence-corrected chi connectivity index (χ0v) is 14.7. The first-order chi connectivity index (χ1) is 13.3. The van der Waals surface area contributed by atoms with Crippen molar-refractivity contribution in [2.45, 2.75) is 25.3 Å². The van der Waals surface area contributed by atoms with E-state index in [1.54, 1.807) is 13.0 Å². The number of nitrogens with one attached hydrogen (secondary N) is 1. The van der Waals surface area contributed by atoms with Crippen LogP contribution in [0.2, 0.25) is 0 Å². The molecule has 2 amide bonds. The molecule has 3 N–H and O–H groups in total. The van der Waals surface area contributed by atoms with E-state index in [0.29, 0.717) is 10.9 Å². The van der Waals surface area contributed by atoms with E-state index in [9.17, 15) is 18.4 Å². The number of halogens is 2. The molecule has 1 saturated heterocycles. The van der Waals surface area contributed by atoms with Crippen LogP contribution in [-0.4, -0.2) is 50.0 Å². The quantitative estimate of drug-likeness (QED) is 0.667. The lowest BCUT2D eigenvalue weighted by molar-refractivity contribution is -0.144. The molecule has 3 aromatic heterocycles. The Labute approximate surface area is 156 Å². The maximum atomic E-state index is 14.0. The molecule has 0 aliphatic carbocycles. The number of hydrogen-bond acceptors (Lipinski definition) is 6. The van der Waals surface area contributed by atoms with Crippen molar-refractivity contribution < 1.29 is 23.1 Å². The molecule has 3 aromatic rings. The molecule has 2 unspecified atom stereocenters. The highest BCUT2D eigenvalue weighted by molar-refractivity contribution is 6.03. The number of nitrogens with zero attached hydrogens (tertiary/aromatic N) is 4. The smallest absolute Gasteiger partial charge is 0.329 e. The van der Waals surface area contributed by atoms with Crippen LogP contribution >= 0.6 is 0 Å². The summed E-state index contributed by atoms with van der Waals surface area (Å²) in [4.78, 5) is 31.4. The fourth-order valence-electron chi connectivity index (χ4n) is 3.53. The van der Waals surface area contributed by atoms with Crippen molar-refractivity contribution in [3.05, 3.63) is 30.2 Å². The summed E-state index contributed by atoms with van der Waals surface area (Å²) < 4.78 is 35.0. The van der Waals surface area contributed by atoms with Crippen molar-refractivity contribution >= 4 is 28.4 Å². The third-order valence-corrected chi connectivity index (χ3v) is 4.90. The summed E-state index contributed by atoms with van der Waals surface area (Å²) in [6.45, 7) is 1.39. The van der Waals surface area contributed by atoms with Crippen molar-refractivity contribution in [2.24, 2.45) is 11.7 Å². The highest BCUT2D eigenvalue weighted by atomic mass is 19.3. The molecular weight excluding hydrogens is 374 g/mol. The minimum absolute atomic E-state index is 0.109. The Bertz CT molecular complexity index is 1100. The van der Waals surface area contributed by atoms with Gasteiger partial charge in [0.1, 0.15) is 18.5 Å². The first-order valence-electron chi connectivity index (χ1n) is 8.57. The average Bonchev–Trinajstić information content (AvgIpc) is 3.22. The Balaban J connectivity index is 1.72. The van der Waals surface area contributed by atoms with Gasteiger partial charge in [-0.05, 0) is 18.6 Å². The van der Waals surface area contributed by atoms with E-state index in [2.05, 4.69) is 20.4 Å².